The summed E-state index contributed by atoms with van der Waals surface area (Å²) in [4.78, 5) is 0. The first-order valence-corrected chi connectivity index (χ1v) is 10.5. The van der Waals surface area contributed by atoms with E-state index in [4.69, 9.17) is 0 Å². The summed E-state index contributed by atoms with van der Waals surface area (Å²) < 4.78 is 0. The number of rotatable bonds is 7. The molecule has 4 aromatic carbocycles. The highest BCUT2D eigenvalue weighted by Gasteiger charge is 2.34. The highest BCUT2D eigenvalue weighted by molar-refractivity contribution is 5.45. The molecule has 0 saturated heterocycles. The lowest BCUT2D eigenvalue weighted by molar-refractivity contribution is 0.506. The SMILES string of the molecule is CCc1ccc(C(Cc2ccccc2)(Cc2ccccc2)c2ccccc2)cc1. The second-order valence-electron chi connectivity index (χ2n) is 7.82. The standard InChI is InChI=1S/C29H28/c1-2-24-18-20-28(21-19-24)29(27-16-10-5-11-17-27,22-25-12-6-3-7-13-25)23-26-14-8-4-9-15-26/h3-21H,2,22-23H2,1H3. The van der Waals surface area contributed by atoms with Gasteiger partial charge in [0.2, 0.25) is 0 Å². The molecule has 0 spiro atoms. The maximum atomic E-state index is 2.34. The Hall–Kier alpha value is -3.12. The summed E-state index contributed by atoms with van der Waals surface area (Å²) in [6.45, 7) is 2.22. The van der Waals surface area contributed by atoms with Gasteiger partial charge in [-0.1, -0.05) is 122 Å². The Bertz CT molecular complexity index is 958. The number of hydrogen-bond acceptors (Lipinski definition) is 0. The minimum atomic E-state index is -0.115. The summed E-state index contributed by atoms with van der Waals surface area (Å²) in [6, 6.07) is 42.1. The molecule has 0 heteroatoms. The summed E-state index contributed by atoms with van der Waals surface area (Å²) in [5, 5.41) is 0. The lowest BCUT2D eigenvalue weighted by Gasteiger charge is -2.36. The van der Waals surface area contributed by atoms with Gasteiger partial charge < -0.3 is 0 Å². The zero-order chi connectivity index (χ0) is 19.9. The second kappa shape index (κ2) is 8.92. The van der Waals surface area contributed by atoms with Crippen LogP contribution < -0.4 is 0 Å². The van der Waals surface area contributed by atoms with Crippen LogP contribution in [0.5, 0.6) is 0 Å². The van der Waals surface area contributed by atoms with E-state index < -0.39 is 0 Å². The molecule has 0 amide bonds. The zero-order valence-electron chi connectivity index (χ0n) is 17.1. The van der Waals surface area contributed by atoms with Crippen molar-refractivity contribution >= 4 is 0 Å². The minimum Gasteiger partial charge on any atom is -0.0622 e. The van der Waals surface area contributed by atoms with E-state index in [-0.39, 0.29) is 5.41 Å². The third-order valence-electron chi connectivity index (χ3n) is 5.94. The van der Waals surface area contributed by atoms with E-state index in [1.54, 1.807) is 0 Å². The molecule has 0 aromatic heterocycles. The van der Waals surface area contributed by atoms with Crippen LogP contribution in [-0.4, -0.2) is 0 Å². The predicted octanol–water partition coefficient (Wildman–Crippen LogP) is 7.02. The molecule has 4 aromatic rings. The van der Waals surface area contributed by atoms with Gasteiger partial charge in [-0.25, -0.2) is 0 Å². The first-order valence-electron chi connectivity index (χ1n) is 10.5. The fraction of sp³-hybridized carbons (Fsp3) is 0.172. The van der Waals surface area contributed by atoms with Crippen LogP contribution in [0, 0.1) is 0 Å². The first-order chi connectivity index (χ1) is 14.3. The Morgan fingerprint density at radius 1 is 0.448 bits per heavy atom. The molecule has 0 fully saturated rings. The lowest BCUT2D eigenvalue weighted by atomic mass is 9.67. The summed E-state index contributed by atoms with van der Waals surface area (Å²) >= 11 is 0. The molecule has 4 rings (SSSR count). The molecule has 0 heterocycles. The van der Waals surface area contributed by atoms with Crippen molar-refractivity contribution in [2.45, 2.75) is 31.6 Å². The van der Waals surface area contributed by atoms with E-state index in [0.717, 1.165) is 19.3 Å². The molecule has 0 saturated carbocycles. The van der Waals surface area contributed by atoms with Gasteiger partial charge in [0.25, 0.3) is 0 Å². The van der Waals surface area contributed by atoms with E-state index in [1.165, 1.54) is 27.8 Å². The average molecular weight is 377 g/mol. The monoisotopic (exact) mass is 376 g/mol. The van der Waals surface area contributed by atoms with Crippen LogP contribution in [0.1, 0.15) is 34.7 Å². The molecule has 29 heavy (non-hydrogen) atoms. The lowest BCUT2D eigenvalue weighted by Crippen LogP contribution is -2.33. The topological polar surface area (TPSA) is 0 Å². The molecule has 0 bridgehead atoms. The van der Waals surface area contributed by atoms with Crippen LogP contribution in [0.4, 0.5) is 0 Å². The van der Waals surface area contributed by atoms with E-state index >= 15 is 0 Å². The fourth-order valence-electron chi connectivity index (χ4n) is 4.34. The third-order valence-corrected chi connectivity index (χ3v) is 5.94. The van der Waals surface area contributed by atoms with Crippen molar-refractivity contribution in [2.24, 2.45) is 0 Å². The zero-order valence-corrected chi connectivity index (χ0v) is 17.1. The summed E-state index contributed by atoms with van der Waals surface area (Å²) in [5.74, 6) is 0. The van der Waals surface area contributed by atoms with E-state index in [0.29, 0.717) is 0 Å². The smallest absolute Gasteiger partial charge is 0.0283 e. The van der Waals surface area contributed by atoms with Gasteiger partial charge in [-0.2, -0.15) is 0 Å². The first kappa shape index (κ1) is 19.2. The highest BCUT2D eigenvalue weighted by Crippen LogP contribution is 2.39. The minimum absolute atomic E-state index is 0.115. The summed E-state index contributed by atoms with van der Waals surface area (Å²) in [7, 11) is 0. The van der Waals surface area contributed by atoms with Crippen molar-refractivity contribution in [1.82, 2.24) is 0 Å². The molecular formula is C29H28. The molecular weight excluding hydrogens is 348 g/mol. The molecule has 144 valence electrons. The van der Waals surface area contributed by atoms with Gasteiger partial charge in [-0.3, -0.25) is 0 Å². The van der Waals surface area contributed by atoms with Crippen LogP contribution in [0.15, 0.2) is 115 Å². The Balaban J connectivity index is 1.90. The summed E-state index contributed by atoms with van der Waals surface area (Å²) in [6.07, 6.45) is 3.01. The van der Waals surface area contributed by atoms with Gasteiger partial charge in [-0.15, -0.1) is 0 Å². The van der Waals surface area contributed by atoms with Gasteiger partial charge in [0.1, 0.15) is 0 Å². The average Bonchev–Trinajstić information content (AvgIpc) is 2.80. The molecule has 0 N–H and O–H groups in total. The van der Waals surface area contributed by atoms with Crippen molar-refractivity contribution < 1.29 is 0 Å². The van der Waals surface area contributed by atoms with Crippen molar-refractivity contribution in [3.05, 3.63) is 143 Å². The second-order valence-corrected chi connectivity index (χ2v) is 7.82. The van der Waals surface area contributed by atoms with Gasteiger partial charge in [-0.05, 0) is 47.1 Å². The maximum absolute atomic E-state index is 2.34. The normalized spacial score (nSPS) is 11.3. The van der Waals surface area contributed by atoms with Gasteiger partial charge in [0.15, 0.2) is 0 Å². The van der Waals surface area contributed by atoms with Crippen LogP contribution in [0.2, 0.25) is 0 Å². The molecule has 0 aliphatic heterocycles. The van der Waals surface area contributed by atoms with Crippen LogP contribution in [0.3, 0.4) is 0 Å². The maximum Gasteiger partial charge on any atom is 0.0283 e. The molecule has 0 aliphatic rings. The van der Waals surface area contributed by atoms with Crippen LogP contribution >= 0.6 is 0 Å². The van der Waals surface area contributed by atoms with Gasteiger partial charge in [0, 0.05) is 5.41 Å². The molecule has 0 aliphatic carbocycles. The largest absolute Gasteiger partial charge is 0.0622 e. The molecule has 0 unspecified atom stereocenters. The van der Waals surface area contributed by atoms with Gasteiger partial charge >= 0.3 is 0 Å². The number of benzene rings is 4. The highest BCUT2D eigenvalue weighted by atomic mass is 14.4. The predicted molar refractivity (Wildman–Crippen MR) is 123 cm³/mol. The molecule has 0 nitrogen and oxygen atoms in total. The van der Waals surface area contributed by atoms with E-state index in [2.05, 4.69) is 122 Å². The third kappa shape index (κ3) is 4.32. The fourth-order valence-corrected chi connectivity index (χ4v) is 4.34. The van der Waals surface area contributed by atoms with Gasteiger partial charge in [0.05, 0.1) is 0 Å². The van der Waals surface area contributed by atoms with Crippen molar-refractivity contribution in [1.29, 1.82) is 0 Å². The van der Waals surface area contributed by atoms with E-state index in [9.17, 15) is 0 Å². The number of hydrogen-bond donors (Lipinski definition) is 0. The van der Waals surface area contributed by atoms with Crippen LogP contribution in [0.25, 0.3) is 0 Å². The molecule has 0 atom stereocenters. The van der Waals surface area contributed by atoms with Crippen molar-refractivity contribution in [3.63, 3.8) is 0 Å². The Labute approximate surface area is 174 Å². The Morgan fingerprint density at radius 3 is 1.31 bits per heavy atom. The number of aryl methyl sites for hydroxylation is 1. The van der Waals surface area contributed by atoms with E-state index in [1.807, 2.05) is 0 Å². The Morgan fingerprint density at radius 2 is 0.862 bits per heavy atom. The van der Waals surface area contributed by atoms with Crippen molar-refractivity contribution in [2.75, 3.05) is 0 Å². The molecule has 0 radical (unpaired) electrons. The van der Waals surface area contributed by atoms with Crippen molar-refractivity contribution in [3.8, 4) is 0 Å². The summed E-state index contributed by atoms with van der Waals surface area (Å²) in [5.41, 5.74) is 6.76. The quantitative estimate of drug-likeness (QED) is 0.325. The Kier molecular flexibility index (Phi) is 5.91. The van der Waals surface area contributed by atoms with Crippen LogP contribution in [-0.2, 0) is 24.7 Å².